The number of hydrogen-bond donors (Lipinski definition) is 0. The lowest BCUT2D eigenvalue weighted by molar-refractivity contribution is 0.0811. The molecule has 0 aliphatic carbocycles. The molecule has 8 heteroatoms. The summed E-state index contributed by atoms with van der Waals surface area (Å²) in [5.74, 6) is 2.48. The van der Waals surface area contributed by atoms with Crippen LogP contribution in [0.1, 0.15) is 57.0 Å². The van der Waals surface area contributed by atoms with Crippen molar-refractivity contribution in [2.45, 2.75) is 64.4 Å². The van der Waals surface area contributed by atoms with Gasteiger partial charge in [-0.15, -0.1) is 0 Å². The highest BCUT2D eigenvalue weighted by molar-refractivity contribution is 7.09. The van der Waals surface area contributed by atoms with Gasteiger partial charge in [0.2, 0.25) is 5.13 Å². The summed E-state index contributed by atoms with van der Waals surface area (Å²) in [7, 11) is 0. The number of nitrogens with zero attached hydrogens (tertiary/aromatic N) is 6. The third-order valence-corrected chi connectivity index (χ3v) is 6.83. The maximum absolute atomic E-state index is 6.51. The molecule has 0 bridgehead atoms. The van der Waals surface area contributed by atoms with Gasteiger partial charge >= 0.3 is 0 Å². The van der Waals surface area contributed by atoms with E-state index in [2.05, 4.69) is 51.1 Å². The van der Waals surface area contributed by atoms with Crippen molar-refractivity contribution in [3.05, 3.63) is 41.6 Å². The second kappa shape index (κ2) is 7.51. The van der Waals surface area contributed by atoms with E-state index in [0.717, 1.165) is 66.7 Å². The fraction of sp³-hybridized carbons (Fsp3) is 0.522. The Morgan fingerprint density at radius 2 is 1.87 bits per heavy atom. The third-order valence-electron chi connectivity index (χ3n) is 6.05. The lowest BCUT2D eigenvalue weighted by Gasteiger charge is -2.27. The summed E-state index contributed by atoms with van der Waals surface area (Å²) in [5.41, 5.74) is 2.86. The van der Waals surface area contributed by atoms with Crippen molar-refractivity contribution in [3.8, 4) is 17.3 Å². The van der Waals surface area contributed by atoms with E-state index in [4.69, 9.17) is 9.72 Å². The molecule has 3 aromatic heterocycles. The summed E-state index contributed by atoms with van der Waals surface area (Å²) in [5, 5.41) is 1.03. The summed E-state index contributed by atoms with van der Waals surface area (Å²) >= 11 is 1.51. The molecule has 0 saturated carbocycles. The van der Waals surface area contributed by atoms with E-state index in [1.54, 1.807) is 0 Å². The Bertz CT molecular complexity index is 1090. The highest BCUT2D eigenvalue weighted by atomic mass is 32.1. The Balaban J connectivity index is 1.32. The molecule has 1 saturated heterocycles. The maximum atomic E-state index is 6.51. The zero-order valence-corrected chi connectivity index (χ0v) is 19.4. The lowest BCUT2D eigenvalue weighted by Crippen LogP contribution is -2.35. The predicted molar refractivity (Wildman–Crippen MR) is 122 cm³/mol. The van der Waals surface area contributed by atoms with E-state index in [1.165, 1.54) is 17.1 Å². The van der Waals surface area contributed by atoms with Crippen molar-refractivity contribution in [2.24, 2.45) is 0 Å². The SMILES string of the molecule is Cc1cnc(-c2cc3c(cn2)OC2(CCCN(c4nc(C(C)(C)C)ns4)CC2)C3)nc1. The minimum Gasteiger partial charge on any atom is -0.485 e. The molecule has 0 N–H and O–H groups in total. The van der Waals surface area contributed by atoms with Crippen LogP contribution in [-0.2, 0) is 11.8 Å². The fourth-order valence-corrected chi connectivity index (χ4v) is 5.17. The van der Waals surface area contributed by atoms with Crippen molar-refractivity contribution in [1.29, 1.82) is 0 Å². The number of ether oxygens (including phenoxy) is 1. The minimum atomic E-state index is -0.164. The number of aryl methyl sites for hydroxylation is 1. The first-order valence-corrected chi connectivity index (χ1v) is 11.6. The van der Waals surface area contributed by atoms with E-state index in [9.17, 15) is 0 Å². The van der Waals surface area contributed by atoms with Crippen LogP contribution in [0.4, 0.5) is 5.13 Å². The molecule has 2 aliphatic rings. The van der Waals surface area contributed by atoms with Crippen LogP contribution < -0.4 is 9.64 Å². The monoisotopic (exact) mass is 436 g/mol. The van der Waals surface area contributed by atoms with Gasteiger partial charge in [-0.2, -0.15) is 4.37 Å². The van der Waals surface area contributed by atoms with E-state index < -0.39 is 0 Å². The van der Waals surface area contributed by atoms with Crippen LogP contribution in [0.2, 0.25) is 0 Å². The van der Waals surface area contributed by atoms with Crippen molar-refractivity contribution in [2.75, 3.05) is 18.0 Å². The third kappa shape index (κ3) is 4.01. The van der Waals surface area contributed by atoms with Gasteiger partial charge in [0.15, 0.2) is 5.82 Å². The van der Waals surface area contributed by atoms with Crippen molar-refractivity contribution >= 4 is 16.7 Å². The lowest BCUT2D eigenvalue weighted by atomic mass is 9.90. The summed E-state index contributed by atoms with van der Waals surface area (Å²) in [6, 6.07) is 2.10. The summed E-state index contributed by atoms with van der Waals surface area (Å²) in [6.45, 7) is 10.4. The van der Waals surface area contributed by atoms with E-state index in [1.807, 2.05) is 25.5 Å². The molecule has 0 aromatic carbocycles. The predicted octanol–water partition coefficient (Wildman–Crippen LogP) is 4.36. The molecule has 31 heavy (non-hydrogen) atoms. The smallest absolute Gasteiger partial charge is 0.205 e. The Kier molecular flexibility index (Phi) is 4.92. The van der Waals surface area contributed by atoms with Gasteiger partial charge in [-0.25, -0.2) is 19.9 Å². The van der Waals surface area contributed by atoms with Crippen LogP contribution in [0.25, 0.3) is 11.5 Å². The quantitative estimate of drug-likeness (QED) is 0.591. The first-order valence-electron chi connectivity index (χ1n) is 10.9. The molecule has 5 rings (SSSR count). The van der Waals surface area contributed by atoms with Crippen LogP contribution in [0, 0.1) is 6.92 Å². The summed E-state index contributed by atoms with van der Waals surface area (Å²) in [6.07, 6.45) is 9.45. The second-order valence-corrected chi connectivity index (χ2v) is 10.4. The first kappa shape index (κ1) is 20.3. The number of rotatable bonds is 2. The molecule has 1 spiro atoms. The number of hydrogen-bond acceptors (Lipinski definition) is 8. The molecule has 1 unspecified atom stereocenters. The van der Waals surface area contributed by atoms with E-state index in [-0.39, 0.29) is 11.0 Å². The van der Waals surface area contributed by atoms with Crippen LogP contribution in [0.5, 0.6) is 5.75 Å². The van der Waals surface area contributed by atoms with E-state index in [0.29, 0.717) is 5.82 Å². The Hall–Kier alpha value is -2.61. The molecule has 7 nitrogen and oxygen atoms in total. The Morgan fingerprint density at radius 1 is 1.06 bits per heavy atom. The molecule has 1 atom stereocenters. The van der Waals surface area contributed by atoms with Gasteiger partial charge in [0.05, 0.1) is 6.20 Å². The average Bonchev–Trinajstić information content (AvgIpc) is 3.30. The molecular weight excluding hydrogens is 408 g/mol. The topological polar surface area (TPSA) is 76.9 Å². The average molecular weight is 437 g/mol. The fourth-order valence-electron chi connectivity index (χ4n) is 4.26. The van der Waals surface area contributed by atoms with Crippen molar-refractivity contribution in [3.63, 3.8) is 0 Å². The normalized spacial score (nSPS) is 21.1. The molecule has 162 valence electrons. The molecule has 3 aromatic rings. The van der Waals surface area contributed by atoms with Gasteiger partial charge in [-0.05, 0) is 31.4 Å². The standard InChI is InChI=1S/C23H28N6OS/c1-15-12-25-19(26-13-15)17-10-16-11-23(30-18(16)14-24-17)6-5-8-29(9-7-23)21-27-20(28-31-21)22(2,3)4/h10,12-14H,5-9,11H2,1-4H3. The van der Waals surface area contributed by atoms with Gasteiger partial charge in [0.1, 0.15) is 22.9 Å². The molecule has 5 heterocycles. The number of anilines is 1. The van der Waals surface area contributed by atoms with Gasteiger partial charge in [-0.1, -0.05) is 20.8 Å². The zero-order valence-electron chi connectivity index (χ0n) is 18.6. The highest BCUT2D eigenvalue weighted by Gasteiger charge is 2.41. The maximum Gasteiger partial charge on any atom is 0.205 e. The Labute approximate surface area is 187 Å². The van der Waals surface area contributed by atoms with Crippen LogP contribution >= 0.6 is 11.5 Å². The molecule has 1 fully saturated rings. The van der Waals surface area contributed by atoms with Gasteiger partial charge in [0, 0.05) is 60.8 Å². The second-order valence-electron chi connectivity index (χ2n) is 9.71. The zero-order chi connectivity index (χ0) is 21.6. The van der Waals surface area contributed by atoms with Gasteiger partial charge < -0.3 is 9.64 Å². The molecule has 0 amide bonds. The minimum absolute atomic E-state index is 0.0239. The largest absolute Gasteiger partial charge is 0.485 e. The molecule has 0 radical (unpaired) electrons. The van der Waals surface area contributed by atoms with Gasteiger partial charge in [0.25, 0.3) is 0 Å². The first-order chi connectivity index (χ1) is 14.8. The van der Waals surface area contributed by atoms with Crippen molar-refractivity contribution < 1.29 is 4.74 Å². The molecule has 2 aliphatic heterocycles. The Morgan fingerprint density at radius 3 is 2.61 bits per heavy atom. The van der Waals surface area contributed by atoms with Crippen LogP contribution in [-0.4, -0.2) is 43.0 Å². The molecular formula is C23H28N6OS. The van der Waals surface area contributed by atoms with Crippen LogP contribution in [0.15, 0.2) is 24.7 Å². The van der Waals surface area contributed by atoms with Crippen LogP contribution in [0.3, 0.4) is 0 Å². The highest BCUT2D eigenvalue weighted by Crippen LogP contribution is 2.42. The van der Waals surface area contributed by atoms with Crippen molar-refractivity contribution in [1.82, 2.24) is 24.3 Å². The number of pyridine rings is 1. The number of fused-ring (bicyclic) bond motifs is 1. The summed E-state index contributed by atoms with van der Waals surface area (Å²) < 4.78 is 11.1. The summed E-state index contributed by atoms with van der Waals surface area (Å²) in [4.78, 5) is 20.6. The van der Waals surface area contributed by atoms with E-state index >= 15 is 0 Å². The number of aromatic nitrogens is 5. The van der Waals surface area contributed by atoms with Gasteiger partial charge in [-0.3, -0.25) is 0 Å².